The zero-order chi connectivity index (χ0) is 10.3. The molecule has 6 heteroatoms. The van der Waals surface area contributed by atoms with E-state index in [1.54, 1.807) is 19.1 Å². The van der Waals surface area contributed by atoms with E-state index in [0.717, 1.165) is 0 Å². The molecule has 0 aromatic carbocycles. The number of hydroxylamine groups is 2. The van der Waals surface area contributed by atoms with Crippen LogP contribution in [0.2, 0.25) is 0 Å². The highest BCUT2D eigenvalue weighted by molar-refractivity contribution is 5.78. The number of esters is 1. The van der Waals surface area contributed by atoms with Gasteiger partial charge in [-0.15, -0.1) is 0 Å². The molecule has 1 aliphatic heterocycles. The summed E-state index contributed by atoms with van der Waals surface area (Å²) in [7, 11) is 2.94. The summed E-state index contributed by atoms with van der Waals surface area (Å²) < 4.78 is 4.74. The molecule has 13 heavy (non-hydrogen) atoms. The second-order valence-electron chi connectivity index (χ2n) is 2.29. The quantitative estimate of drug-likeness (QED) is 0.362. The Bertz CT molecular complexity index is 153. The van der Waals surface area contributed by atoms with Gasteiger partial charge in [0.2, 0.25) is 0 Å². The van der Waals surface area contributed by atoms with Crippen LogP contribution in [-0.2, 0) is 19.2 Å². The van der Waals surface area contributed by atoms with Crippen LogP contribution in [0.1, 0.15) is 6.92 Å². The summed E-state index contributed by atoms with van der Waals surface area (Å²) in [5.41, 5.74) is 0. The first-order chi connectivity index (χ1) is 6.21. The van der Waals surface area contributed by atoms with E-state index < -0.39 is 0 Å². The molecule has 0 spiro atoms. The standard InChI is InChI=1S/C6H11NO3.CH5NO/c1-3-10-6(8)5-4-7(5)9-2;1-3-2/h5H,3-4H2,1-2H3;2H2,1H3. The number of nitrogens with two attached hydrogens (primary N) is 1. The molecule has 78 valence electrons. The maximum atomic E-state index is 10.8. The number of hydrogen-bond donors (Lipinski definition) is 1. The zero-order valence-corrected chi connectivity index (χ0v) is 8.15. The van der Waals surface area contributed by atoms with Crippen LogP contribution in [0.4, 0.5) is 0 Å². The van der Waals surface area contributed by atoms with Gasteiger partial charge < -0.3 is 14.4 Å². The Hall–Kier alpha value is -0.690. The van der Waals surface area contributed by atoms with Crippen molar-refractivity contribution in [1.82, 2.24) is 5.06 Å². The fraction of sp³-hybridized carbons (Fsp3) is 0.857. The molecule has 0 aromatic rings. The Morgan fingerprint density at radius 3 is 2.46 bits per heavy atom. The smallest absolute Gasteiger partial charge is 0.327 e. The minimum atomic E-state index is -0.190. The highest BCUT2D eigenvalue weighted by atomic mass is 16.7. The van der Waals surface area contributed by atoms with Crippen LogP contribution in [0, 0.1) is 0 Å². The highest BCUT2D eigenvalue weighted by Gasteiger charge is 2.42. The normalized spacial score (nSPS) is 24.3. The van der Waals surface area contributed by atoms with E-state index in [0.29, 0.717) is 13.2 Å². The topological polar surface area (TPSA) is 73.8 Å². The van der Waals surface area contributed by atoms with Gasteiger partial charge in [-0.25, -0.2) is 5.90 Å². The molecular formula is C7H16N2O4. The third-order valence-corrected chi connectivity index (χ3v) is 1.36. The van der Waals surface area contributed by atoms with Crippen molar-refractivity contribution in [1.29, 1.82) is 0 Å². The molecule has 0 saturated carbocycles. The fourth-order valence-corrected chi connectivity index (χ4v) is 0.756. The summed E-state index contributed by atoms with van der Waals surface area (Å²) in [4.78, 5) is 19.4. The van der Waals surface area contributed by atoms with Gasteiger partial charge in [-0.2, -0.15) is 5.06 Å². The van der Waals surface area contributed by atoms with E-state index in [1.807, 2.05) is 0 Å². The first-order valence-corrected chi connectivity index (χ1v) is 3.91. The molecule has 2 N–H and O–H groups in total. The van der Waals surface area contributed by atoms with Crippen molar-refractivity contribution in [2.24, 2.45) is 5.90 Å². The first kappa shape index (κ1) is 12.3. The van der Waals surface area contributed by atoms with E-state index >= 15 is 0 Å². The van der Waals surface area contributed by atoms with Gasteiger partial charge in [-0.3, -0.25) is 4.79 Å². The van der Waals surface area contributed by atoms with Crippen LogP contribution in [0.15, 0.2) is 0 Å². The molecule has 6 nitrogen and oxygen atoms in total. The maximum absolute atomic E-state index is 10.8. The number of carbonyl (C=O) groups is 1. The molecule has 1 rings (SSSR count). The molecule has 0 aliphatic carbocycles. The van der Waals surface area contributed by atoms with E-state index in [9.17, 15) is 4.79 Å². The van der Waals surface area contributed by atoms with E-state index in [1.165, 1.54) is 7.11 Å². The van der Waals surface area contributed by atoms with Crippen molar-refractivity contribution in [2.45, 2.75) is 13.0 Å². The van der Waals surface area contributed by atoms with Gasteiger partial charge in [-0.1, -0.05) is 0 Å². The van der Waals surface area contributed by atoms with Crippen molar-refractivity contribution in [3.8, 4) is 0 Å². The molecule has 1 aliphatic rings. The molecule has 2 unspecified atom stereocenters. The summed E-state index contributed by atoms with van der Waals surface area (Å²) in [5.74, 6) is 4.16. The third-order valence-electron chi connectivity index (χ3n) is 1.36. The van der Waals surface area contributed by atoms with Gasteiger partial charge in [0, 0.05) is 0 Å². The molecule has 1 fully saturated rings. The Labute approximate surface area is 77.4 Å². The number of nitrogens with zero attached hydrogens (tertiary/aromatic N) is 1. The second kappa shape index (κ2) is 6.79. The monoisotopic (exact) mass is 192 g/mol. The molecular weight excluding hydrogens is 176 g/mol. The molecule has 1 saturated heterocycles. The van der Waals surface area contributed by atoms with Crippen molar-refractivity contribution in [3.63, 3.8) is 0 Å². The Morgan fingerprint density at radius 2 is 2.15 bits per heavy atom. The minimum absolute atomic E-state index is 0.148. The van der Waals surface area contributed by atoms with Crippen molar-refractivity contribution in [2.75, 3.05) is 27.4 Å². The van der Waals surface area contributed by atoms with Crippen LogP contribution in [-0.4, -0.2) is 44.4 Å². The highest BCUT2D eigenvalue weighted by Crippen LogP contribution is 2.17. The van der Waals surface area contributed by atoms with Gasteiger partial charge in [0.05, 0.1) is 27.4 Å². The largest absolute Gasteiger partial charge is 0.465 e. The number of rotatable bonds is 3. The van der Waals surface area contributed by atoms with Gasteiger partial charge in [0.1, 0.15) is 6.04 Å². The molecule has 2 atom stereocenters. The van der Waals surface area contributed by atoms with E-state index in [-0.39, 0.29) is 12.0 Å². The average molecular weight is 192 g/mol. The fourth-order valence-electron chi connectivity index (χ4n) is 0.756. The van der Waals surface area contributed by atoms with Gasteiger partial charge >= 0.3 is 5.97 Å². The van der Waals surface area contributed by atoms with Crippen LogP contribution in [0.3, 0.4) is 0 Å². The van der Waals surface area contributed by atoms with Crippen molar-refractivity contribution in [3.05, 3.63) is 0 Å². The summed E-state index contributed by atoms with van der Waals surface area (Å²) in [5, 5.41) is 1.57. The predicted molar refractivity (Wildman–Crippen MR) is 45.3 cm³/mol. The Balaban J connectivity index is 0.000000424. The zero-order valence-electron chi connectivity index (χ0n) is 8.15. The molecule has 0 amide bonds. The molecule has 0 bridgehead atoms. The lowest BCUT2D eigenvalue weighted by molar-refractivity contribution is -0.148. The summed E-state index contributed by atoms with van der Waals surface area (Å²) in [6.07, 6.45) is 0. The lowest BCUT2D eigenvalue weighted by Crippen LogP contribution is -2.15. The first-order valence-electron chi connectivity index (χ1n) is 3.91. The maximum Gasteiger partial charge on any atom is 0.327 e. The Kier molecular flexibility index (Phi) is 6.43. The second-order valence-corrected chi connectivity index (χ2v) is 2.29. The predicted octanol–water partition coefficient (Wildman–Crippen LogP) is -0.698. The number of carbonyl (C=O) groups excluding carboxylic acids is 1. The summed E-state index contributed by atoms with van der Waals surface area (Å²) in [6, 6.07) is -0.148. The van der Waals surface area contributed by atoms with Crippen LogP contribution >= 0.6 is 0 Å². The van der Waals surface area contributed by atoms with Crippen molar-refractivity contribution < 1.29 is 19.2 Å². The van der Waals surface area contributed by atoms with Crippen LogP contribution in [0.5, 0.6) is 0 Å². The Morgan fingerprint density at radius 1 is 1.62 bits per heavy atom. The molecule has 0 radical (unpaired) electrons. The van der Waals surface area contributed by atoms with E-state index in [4.69, 9.17) is 9.57 Å². The van der Waals surface area contributed by atoms with Gasteiger partial charge in [0.25, 0.3) is 0 Å². The van der Waals surface area contributed by atoms with Crippen molar-refractivity contribution >= 4 is 5.97 Å². The number of ether oxygens (including phenoxy) is 1. The molecule has 1 heterocycles. The van der Waals surface area contributed by atoms with Crippen LogP contribution in [0.25, 0.3) is 0 Å². The lowest BCUT2D eigenvalue weighted by Gasteiger charge is -1.99. The minimum Gasteiger partial charge on any atom is -0.465 e. The van der Waals surface area contributed by atoms with Crippen LogP contribution < -0.4 is 5.90 Å². The summed E-state index contributed by atoms with van der Waals surface area (Å²) in [6.45, 7) is 2.89. The van der Waals surface area contributed by atoms with Gasteiger partial charge in [0.15, 0.2) is 0 Å². The lowest BCUT2D eigenvalue weighted by atomic mass is 10.5. The third kappa shape index (κ3) is 4.79. The average Bonchev–Trinajstić information content (AvgIpc) is 2.84. The number of hydrogen-bond acceptors (Lipinski definition) is 6. The van der Waals surface area contributed by atoms with Gasteiger partial charge in [-0.05, 0) is 6.92 Å². The summed E-state index contributed by atoms with van der Waals surface area (Å²) >= 11 is 0. The van der Waals surface area contributed by atoms with E-state index in [2.05, 4.69) is 10.7 Å². The molecule has 0 aromatic heterocycles. The SMILES string of the molecule is CCOC(=O)C1CN1OC.CON.